The zero-order valence-corrected chi connectivity index (χ0v) is 11.0. The molecule has 1 aliphatic heterocycles. The molecule has 0 aliphatic carbocycles. The molecule has 0 saturated carbocycles. The highest BCUT2D eigenvalue weighted by Crippen LogP contribution is 2.23. The van der Waals surface area contributed by atoms with Crippen LogP contribution in [-0.4, -0.2) is 41.1 Å². The largest absolute Gasteiger partial charge is 0.482 e. The maximum atomic E-state index is 11.9. The van der Waals surface area contributed by atoms with E-state index in [1.165, 1.54) is 4.90 Å². The average molecular weight is 284 g/mol. The van der Waals surface area contributed by atoms with Gasteiger partial charge < -0.3 is 14.7 Å². The molecule has 1 heterocycles. The van der Waals surface area contributed by atoms with E-state index in [4.69, 9.17) is 21.4 Å². The summed E-state index contributed by atoms with van der Waals surface area (Å²) < 4.78 is 5.32. The second-order valence-corrected chi connectivity index (χ2v) is 4.71. The predicted molar refractivity (Wildman–Crippen MR) is 69.3 cm³/mol. The van der Waals surface area contributed by atoms with Gasteiger partial charge in [-0.15, -0.1) is 0 Å². The first kappa shape index (κ1) is 13.7. The monoisotopic (exact) mass is 283 g/mol. The minimum absolute atomic E-state index is 0.201. The molecule has 1 unspecified atom stereocenters. The van der Waals surface area contributed by atoms with Gasteiger partial charge in [-0.1, -0.05) is 23.7 Å². The van der Waals surface area contributed by atoms with Crippen LogP contribution in [0.4, 0.5) is 0 Å². The van der Waals surface area contributed by atoms with Crippen molar-refractivity contribution in [2.75, 3.05) is 13.2 Å². The van der Waals surface area contributed by atoms with Gasteiger partial charge in [-0.3, -0.25) is 4.79 Å². The summed E-state index contributed by atoms with van der Waals surface area (Å²) in [5, 5.41) is 9.43. The number of ether oxygens (including phenoxy) is 1. The molecule has 1 N–H and O–H groups in total. The highest BCUT2D eigenvalue weighted by atomic mass is 35.5. The number of para-hydroxylation sites is 1. The molecule has 19 heavy (non-hydrogen) atoms. The van der Waals surface area contributed by atoms with Crippen LogP contribution in [0.25, 0.3) is 0 Å². The van der Waals surface area contributed by atoms with Gasteiger partial charge in [0.15, 0.2) is 6.61 Å². The number of nitrogens with zero attached hydrogens (tertiary/aromatic N) is 1. The molecule has 1 aromatic carbocycles. The first-order valence-corrected chi connectivity index (χ1v) is 6.37. The van der Waals surface area contributed by atoms with Crippen molar-refractivity contribution in [3.63, 3.8) is 0 Å². The third-order valence-corrected chi connectivity index (χ3v) is 3.36. The van der Waals surface area contributed by atoms with Crippen molar-refractivity contribution in [3.8, 4) is 5.75 Å². The van der Waals surface area contributed by atoms with E-state index in [0.29, 0.717) is 30.2 Å². The maximum Gasteiger partial charge on any atom is 0.326 e. The van der Waals surface area contributed by atoms with Crippen LogP contribution in [0.5, 0.6) is 5.75 Å². The van der Waals surface area contributed by atoms with Crippen molar-refractivity contribution in [2.45, 2.75) is 18.9 Å². The SMILES string of the molecule is O=C(O)C1CCCN1C(=O)COc1ccccc1Cl. The molecule has 1 atom stereocenters. The summed E-state index contributed by atoms with van der Waals surface area (Å²) in [4.78, 5) is 24.3. The van der Waals surface area contributed by atoms with E-state index in [1.54, 1.807) is 24.3 Å². The molecule has 1 fully saturated rings. The molecule has 0 radical (unpaired) electrons. The van der Waals surface area contributed by atoms with Crippen LogP contribution in [0.3, 0.4) is 0 Å². The fourth-order valence-electron chi connectivity index (χ4n) is 2.11. The molecular weight excluding hydrogens is 270 g/mol. The van der Waals surface area contributed by atoms with Crippen molar-refractivity contribution in [2.24, 2.45) is 0 Å². The number of halogens is 1. The molecular formula is C13H14ClNO4. The number of benzene rings is 1. The highest BCUT2D eigenvalue weighted by molar-refractivity contribution is 6.32. The molecule has 0 aromatic heterocycles. The minimum Gasteiger partial charge on any atom is -0.482 e. The second kappa shape index (κ2) is 5.93. The van der Waals surface area contributed by atoms with Crippen LogP contribution >= 0.6 is 11.6 Å². The quantitative estimate of drug-likeness (QED) is 0.915. The van der Waals surface area contributed by atoms with Crippen LogP contribution in [-0.2, 0) is 9.59 Å². The Morgan fingerprint density at radius 2 is 2.16 bits per heavy atom. The molecule has 0 bridgehead atoms. The van der Waals surface area contributed by atoms with Crippen molar-refractivity contribution < 1.29 is 19.4 Å². The van der Waals surface area contributed by atoms with Gasteiger partial charge in [0.1, 0.15) is 11.8 Å². The van der Waals surface area contributed by atoms with Crippen LogP contribution < -0.4 is 4.74 Å². The maximum absolute atomic E-state index is 11.9. The first-order chi connectivity index (χ1) is 9.09. The van der Waals surface area contributed by atoms with Crippen LogP contribution in [0.2, 0.25) is 5.02 Å². The van der Waals surface area contributed by atoms with Crippen LogP contribution in [0.1, 0.15) is 12.8 Å². The van der Waals surface area contributed by atoms with Gasteiger partial charge in [-0.25, -0.2) is 4.79 Å². The van der Waals surface area contributed by atoms with E-state index in [9.17, 15) is 9.59 Å². The number of amides is 1. The molecule has 1 aromatic rings. The molecule has 2 rings (SSSR count). The number of carbonyl (C=O) groups is 2. The summed E-state index contributed by atoms with van der Waals surface area (Å²) in [6.45, 7) is 0.259. The lowest BCUT2D eigenvalue weighted by Gasteiger charge is -2.21. The zero-order chi connectivity index (χ0) is 13.8. The Bertz CT molecular complexity index is 491. The molecule has 0 spiro atoms. The topological polar surface area (TPSA) is 66.8 Å². The highest BCUT2D eigenvalue weighted by Gasteiger charge is 2.33. The van der Waals surface area contributed by atoms with Gasteiger partial charge in [-0.2, -0.15) is 0 Å². The summed E-state index contributed by atoms with van der Waals surface area (Å²) in [5.74, 6) is -0.878. The number of carboxylic acids is 1. The van der Waals surface area contributed by atoms with Crippen molar-refractivity contribution in [3.05, 3.63) is 29.3 Å². The third-order valence-electron chi connectivity index (χ3n) is 3.05. The number of aliphatic carboxylic acids is 1. The number of carbonyl (C=O) groups excluding carboxylic acids is 1. The van der Waals surface area contributed by atoms with E-state index in [2.05, 4.69) is 0 Å². The second-order valence-electron chi connectivity index (χ2n) is 4.30. The van der Waals surface area contributed by atoms with Crippen molar-refractivity contribution in [1.29, 1.82) is 0 Å². The Balaban J connectivity index is 1.95. The van der Waals surface area contributed by atoms with Crippen LogP contribution in [0.15, 0.2) is 24.3 Å². The van der Waals surface area contributed by atoms with Crippen molar-refractivity contribution in [1.82, 2.24) is 4.90 Å². The lowest BCUT2D eigenvalue weighted by atomic mass is 10.2. The van der Waals surface area contributed by atoms with Crippen molar-refractivity contribution >= 4 is 23.5 Å². The molecule has 6 heteroatoms. The fraction of sp³-hybridized carbons (Fsp3) is 0.385. The lowest BCUT2D eigenvalue weighted by molar-refractivity contribution is -0.148. The Morgan fingerprint density at radius 1 is 1.42 bits per heavy atom. The summed E-state index contributed by atoms with van der Waals surface area (Å²) in [5.41, 5.74) is 0. The Hall–Kier alpha value is -1.75. The third kappa shape index (κ3) is 3.17. The normalized spacial score (nSPS) is 18.4. The fourth-order valence-corrected chi connectivity index (χ4v) is 2.30. The van der Waals surface area contributed by atoms with E-state index in [1.807, 2.05) is 0 Å². The van der Waals surface area contributed by atoms with E-state index >= 15 is 0 Å². The number of hydrogen-bond donors (Lipinski definition) is 1. The minimum atomic E-state index is -0.969. The number of rotatable bonds is 4. The van der Waals surface area contributed by atoms with Gasteiger partial charge in [-0.05, 0) is 25.0 Å². The standard InChI is InChI=1S/C13H14ClNO4/c14-9-4-1-2-6-11(9)19-8-12(16)15-7-3-5-10(15)13(17)18/h1-2,4,6,10H,3,5,7-8H2,(H,17,18). The summed E-state index contributed by atoms with van der Waals surface area (Å²) in [6, 6.07) is 6.10. The number of carboxylic acid groups (broad SMARTS) is 1. The first-order valence-electron chi connectivity index (χ1n) is 5.99. The van der Waals surface area contributed by atoms with E-state index in [-0.39, 0.29) is 12.5 Å². The van der Waals surface area contributed by atoms with E-state index < -0.39 is 12.0 Å². The molecule has 1 aliphatic rings. The molecule has 1 saturated heterocycles. The Labute approximate surface area is 115 Å². The zero-order valence-electron chi connectivity index (χ0n) is 10.2. The summed E-state index contributed by atoms with van der Waals surface area (Å²) in [6.07, 6.45) is 1.20. The number of likely N-dealkylation sites (tertiary alicyclic amines) is 1. The van der Waals surface area contributed by atoms with Gasteiger partial charge in [0.2, 0.25) is 0 Å². The van der Waals surface area contributed by atoms with E-state index in [0.717, 1.165) is 0 Å². The average Bonchev–Trinajstić information content (AvgIpc) is 2.87. The summed E-state index contributed by atoms with van der Waals surface area (Å²) in [7, 11) is 0. The van der Waals surface area contributed by atoms with Gasteiger partial charge in [0.25, 0.3) is 5.91 Å². The molecule has 1 amide bonds. The number of hydrogen-bond acceptors (Lipinski definition) is 3. The van der Waals surface area contributed by atoms with Gasteiger partial charge in [0, 0.05) is 6.54 Å². The Kier molecular flexibility index (Phi) is 4.27. The molecule has 5 nitrogen and oxygen atoms in total. The smallest absolute Gasteiger partial charge is 0.326 e. The van der Waals surface area contributed by atoms with Gasteiger partial charge in [0.05, 0.1) is 5.02 Å². The summed E-state index contributed by atoms with van der Waals surface area (Å²) >= 11 is 5.90. The predicted octanol–water partition coefficient (Wildman–Crippen LogP) is 1.79. The van der Waals surface area contributed by atoms with Gasteiger partial charge >= 0.3 is 5.97 Å². The van der Waals surface area contributed by atoms with Crippen LogP contribution in [0, 0.1) is 0 Å². The Morgan fingerprint density at radius 3 is 2.84 bits per heavy atom. The molecule has 102 valence electrons. The lowest BCUT2D eigenvalue weighted by Crippen LogP contribution is -2.42.